The Hall–Kier alpha value is -2.03. The lowest BCUT2D eigenvalue weighted by Gasteiger charge is -2.32. The molecule has 0 aliphatic rings. The van der Waals surface area contributed by atoms with E-state index < -0.39 is 44.8 Å². The van der Waals surface area contributed by atoms with E-state index in [1.165, 1.54) is 6.07 Å². The van der Waals surface area contributed by atoms with Crippen molar-refractivity contribution in [1.82, 2.24) is 0 Å². The molecule has 0 amide bonds. The van der Waals surface area contributed by atoms with Gasteiger partial charge in [-0.15, -0.1) is 11.3 Å². The molecule has 5 nitrogen and oxygen atoms in total. The predicted octanol–water partition coefficient (Wildman–Crippen LogP) is 6.48. The minimum Gasteiger partial charge on any atom is -0.399 e. The van der Waals surface area contributed by atoms with Crippen LogP contribution in [0.5, 0.6) is 0 Å². The van der Waals surface area contributed by atoms with Crippen LogP contribution in [0.3, 0.4) is 0 Å². The summed E-state index contributed by atoms with van der Waals surface area (Å²) in [6.07, 6.45) is -10.1. The minimum atomic E-state index is -5.23. The third kappa shape index (κ3) is 6.60. The summed E-state index contributed by atoms with van der Waals surface area (Å²) in [6, 6.07) is 7.86. The molecule has 0 aliphatic carbocycles. The molecule has 1 aromatic heterocycles. The molecule has 1 atom stereocenters. The van der Waals surface area contributed by atoms with Gasteiger partial charge in [-0.25, -0.2) is 0 Å². The molecule has 0 aliphatic heterocycles. The van der Waals surface area contributed by atoms with Gasteiger partial charge in [0.2, 0.25) is 5.60 Å². The summed E-state index contributed by atoms with van der Waals surface area (Å²) in [5.74, 6) is 0. The fourth-order valence-corrected chi connectivity index (χ4v) is 5.49. The number of benzene rings is 2. The van der Waals surface area contributed by atoms with Crippen LogP contribution in [-0.2, 0) is 26.1 Å². The molecule has 192 valence electrons. The van der Waals surface area contributed by atoms with Crippen LogP contribution in [0.15, 0.2) is 59.5 Å². The number of aliphatic hydroxyl groups is 1. The van der Waals surface area contributed by atoms with Crippen LogP contribution in [0.4, 0.5) is 32.0 Å². The quantitative estimate of drug-likeness (QED) is 0.209. The van der Waals surface area contributed by atoms with E-state index in [9.17, 15) is 39.9 Å². The number of halogens is 8. The highest BCUT2D eigenvalue weighted by Crippen LogP contribution is 2.45. The first kappa shape index (κ1) is 29.2. The summed E-state index contributed by atoms with van der Waals surface area (Å²) in [5, 5.41) is 10.2. The van der Waals surface area contributed by atoms with Crippen molar-refractivity contribution in [1.29, 1.82) is 0 Å². The molecule has 0 spiro atoms. The first-order valence-electron chi connectivity index (χ1n) is 9.01. The average molecular weight is 582 g/mol. The zero-order valence-electron chi connectivity index (χ0n) is 17.3. The molecule has 2 aromatic carbocycles. The van der Waals surface area contributed by atoms with Gasteiger partial charge in [-0.1, -0.05) is 47.5 Å². The Kier molecular flexibility index (Phi) is 8.78. The third-order valence-corrected chi connectivity index (χ3v) is 7.49. The van der Waals surface area contributed by atoms with Crippen molar-refractivity contribution in [3.63, 3.8) is 0 Å². The van der Waals surface area contributed by atoms with Crippen molar-refractivity contribution < 1.29 is 44.0 Å². The highest BCUT2D eigenvalue weighted by Gasteiger charge is 2.56. The van der Waals surface area contributed by atoms with Gasteiger partial charge in [0, 0.05) is 5.69 Å². The second-order valence-corrected chi connectivity index (χ2v) is 10.7. The van der Waals surface area contributed by atoms with Crippen molar-refractivity contribution in [2.45, 2.75) is 22.8 Å². The average Bonchev–Trinajstić information content (AvgIpc) is 3.11. The van der Waals surface area contributed by atoms with E-state index >= 15 is 0 Å². The molecule has 1 unspecified atom stereocenters. The lowest BCUT2D eigenvalue weighted by atomic mass is 9.85. The van der Waals surface area contributed by atoms with E-state index in [-0.39, 0.29) is 21.0 Å². The number of rotatable bonds is 4. The van der Waals surface area contributed by atoms with E-state index in [2.05, 4.69) is 4.18 Å². The molecule has 0 bridgehead atoms. The topological polar surface area (TPSA) is 89.6 Å². The monoisotopic (exact) mass is 581 g/mol. The third-order valence-electron chi connectivity index (χ3n) is 4.46. The lowest BCUT2D eigenvalue weighted by molar-refractivity contribution is -0.248. The Morgan fingerprint density at radius 3 is 1.89 bits per heavy atom. The standard InChI is InChI=1S/C15H11F6NO.C5H4Cl2O3S2/c16-14(17,18)11-3-1-2-10(8-11)13(23,15(19,20)21)9-4-6-12(22)7-5-9;1-10-12(8,9)3-2-4(6)11-5(3)7/h1-8,23H,22H2;2H,1H3. The zero-order chi connectivity index (χ0) is 26.8. The summed E-state index contributed by atoms with van der Waals surface area (Å²) in [6.45, 7) is 0. The normalized spacial score (nSPS) is 14.1. The van der Waals surface area contributed by atoms with Crippen LogP contribution in [0.1, 0.15) is 16.7 Å². The molecule has 1 heterocycles. The Balaban J connectivity index is 0.000000303. The first-order chi connectivity index (χ1) is 15.9. The van der Waals surface area contributed by atoms with Crippen LogP contribution in [0.25, 0.3) is 0 Å². The van der Waals surface area contributed by atoms with E-state index in [0.717, 1.165) is 54.8 Å². The van der Waals surface area contributed by atoms with Gasteiger partial charge in [0.25, 0.3) is 10.1 Å². The van der Waals surface area contributed by atoms with Gasteiger partial charge < -0.3 is 10.8 Å². The van der Waals surface area contributed by atoms with E-state index in [1.807, 2.05) is 0 Å². The molecule has 15 heteroatoms. The maximum absolute atomic E-state index is 13.4. The van der Waals surface area contributed by atoms with E-state index in [4.69, 9.17) is 28.9 Å². The summed E-state index contributed by atoms with van der Waals surface area (Å²) in [4.78, 5) is -0.0818. The maximum atomic E-state index is 13.4. The fraction of sp³-hybridized carbons (Fsp3) is 0.200. The maximum Gasteiger partial charge on any atom is 0.425 e. The van der Waals surface area contributed by atoms with Crippen molar-refractivity contribution in [2.24, 2.45) is 0 Å². The van der Waals surface area contributed by atoms with Gasteiger partial charge in [0.1, 0.15) is 9.23 Å². The van der Waals surface area contributed by atoms with Gasteiger partial charge in [0.15, 0.2) is 0 Å². The van der Waals surface area contributed by atoms with Crippen LogP contribution >= 0.6 is 34.5 Å². The molecule has 0 radical (unpaired) electrons. The van der Waals surface area contributed by atoms with Crippen LogP contribution < -0.4 is 5.73 Å². The number of nitrogen functional groups attached to an aromatic ring is 1. The van der Waals surface area contributed by atoms with Gasteiger partial charge in [0.05, 0.1) is 17.0 Å². The number of anilines is 1. The molecule has 3 N–H and O–H groups in total. The lowest BCUT2D eigenvalue weighted by Crippen LogP contribution is -2.43. The molecule has 35 heavy (non-hydrogen) atoms. The van der Waals surface area contributed by atoms with Gasteiger partial charge in [-0.05, 0) is 41.5 Å². The highest BCUT2D eigenvalue weighted by molar-refractivity contribution is 7.87. The number of alkyl halides is 6. The molecular formula is C20H15Cl2F6NO4S2. The van der Waals surface area contributed by atoms with Crippen LogP contribution in [0.2, 0.25) is 8.67 Å². The molecule has 3 rings (SSSR count). The largest absolute Gasteiger partial charge is 0.425 e. The Morgan fingerprint density at radius 2 is 1.46 bits per heavy atom. The molecule has 0 saturated carbocycles. The fourth-order valence-electron chi connectivity index (χ4n) is 2.72. The van der Waals surface area contributed by atoms with Crippen LogP contribution in [0, 0.1) is 0 Å². The molecular weight excluding hydrogens is 567 g/mol. The highest BCUT2D eigenvalue weighted by atomic mass is 35.5. The van der Waals surface area contributed by atoms with Crippen LogP contribution in [-0.4, -0.2) is 26.8 Å². The van der Waals surface area contributed by atoms with Gasteiger partial charge in [-0.3, -0.25) is 4.18 Å². The molecule has 3 aromatic rings. The molecule has 0 fully saturated rings. The van der Waals surface area contributed by atoms with Gasteiger partial charge in [-0.2, -0.15) is 34.8 Å². The summed E-state index contributed by atoms with van der Waals surface area (Å²) >= 11 is 12.1. The molecule has 0 saturated heterocycles. The minimum absolute atomic E-state index is 0.0818. The van der Waals surface area contributed by atoms with E-state index in [0.29, 0.717) is 10.4 Å². The van der Waals surface area contributed by atoms with Crippen molar-refractivity contribution in [2.75, 3.05) is 12.8 Å². The second-order valence-electron chi connectivity index (χ2n) is 6.72. The second kappa shape index (κ2) is 10.5. The smallest absolute Gasteiger partial charge is 0.399 e. The summed E-state index contributed by atoms with van der Waals surface area (Å²) in [7, 11) is -2.65. The summed E-state index contributed by atoms with van der Waals surface area (Å²) in [5.41, 5.74) is -0.876. The Bertz CT molecular complexity index is 1280. The SMILES string of the molecule is COS(=O)(=O)c1cc(Cl)sc1Cl.Nc1ccc(C(O)(c2cccc(C(F)(F)F)c2)C(F)(F)F)cc1. The first-order valence-corrected chi connectivity index (χ1v) is 12.0. The summed E-state index contributed by atoms with van der Waals surface area (Å²) < 4.78 is 105. The number of thiophene rings is 1. The number of nitrogens with two attached hydrogens (primary N) is 1. The predicted molar refractivity (Wildman–Crippen MR) is 120 cm³/mol. The van der Waals surface area contributed by atoms with Crippen molar-refractivity contribution >= 4 is 50.3 Å². The van der Waals surface area contributed by atoms with E-state index in [1.54, 1.807) is 0 Å². The van der Waals surface area contributed by atoms with Crippen molar-refractivity contribution in [3.8, 4) is 0 Å². The zero-order valence-corrected chi connectivity index (χ0v) is 20.4. The van der Waals surface area contributed by atoms with Gasteiger partial charge >= 0.3 is 12.4 Å². The Morgan fingerprint density at radius 1 is 0.914 bits per heavy atom. The van der Waals surface area contributed by atoms with Crippen molar-refractivity contribution in [3.05, 3.63) is 80.0 Å². The Labute approximate surface area is 209 Å². The number of hydrogen-bond acceptors (Lipinski definition) is 6. The number of hydrogen-bond donors (Lipinski definition) is 2.